The van der Waals surface area contributed by atoms with Crippen molar-refractivity contribution in [1.29, 1.82) is 0 Å². The van der Waals surface area contributed by atoms with E-state index in [9.17, 15) is 9.59 Å². The molecular weight excluding hydrogens is 420 g/mol. The molecule has 0 bridgehead atoms. The van der Waals surface area contributed by atoms with Crippen LogP contribution in [0.3, 0.4) is 0 Å². The van der Waals surface area contributed by atoms with Crippen LogP contribution in [-0.4, -0.2) is 17.1 Å². The van der Waals surface area contributed by atoms with E-state index < -0.39 is 12.0 Å². The first-order valence-electron chi connectivity index (χ1n) is 10.5. The molecule has 0 unspecified atom stereocenters. The molecule has 1 atom stereocenters. The van der Waals surface area contributed by atoms with Gasteiger partial charge in [-0.25, -0.2) is 9.79 Å². The molecule has 0 radical (unpaired) electrons. The second-order valence-corrected chi connectivity index (χ2v) is 8.51. The summed E-state index contributed by atoms with van der Waals surface area (Å²) < 4.78 is 7.48. The summed E-state index contributed by atoms with van der Waals surface area (Å²) in [6, 6.07) is 17.2. The summed E-state index contributed by atoms with van der Waals surface area (Å²) in [6.45, 7) is 5.81. The van der Waals surface area contributed by atoms with Gasteiger partial charge in [-0.3, -0.25) is 9.36 Å². The van der Waals surface area contributed by atoms with Gasteiger partial charge in [0.1, 0.15) is 0 Å². The van der Waals surface area contributed by atoms with E-state index in [0.717, 1.165) is 16.7 Å². The number of esters is 1. The number of thiazole rings is 1. The maximum Gasteiger partial charge on any atom is 0.338 e. The Labute approximate surface area is 190 Å². The number of carbonyl (C=O) groups is 1. The maximum absolute atomic E-state index is 13.4. The highest BCUT2D eigenvalue weighted by atomic mass is 32.1. The summed E-state index contributed by atoms with van der Waals surface area (Å²) in [6.07, 6.45) is 5.61. The quantitative estimate of drug-likeness (QED) is 0.563. The van der Waals surface area contributed by atoms with E-state index in [1.807, 2.05) is 73.7 Å². The van der Waals surface area contributed by atoms with E-state index >= 15 is 0 Å². The fourth-order valence-corrected chi connectivity index (χ4v) is 4.68. The molecule has 4 rings (SSSR count). The summed E-state index contributed by atoms with van der Waals surface area (Å²) in [4.78, 5) is 31.4. The molecular formula is C26H24N2O3S. The molecule has 2 heterocycles. The second-order valence-electron chi connectivity index (χ2n) is 7.51. The number of benzene rings is 2. The van der Waals surface area contributed by atoms with Crippen molar-refractivity contribution in [1.82, 2.24) is 4.57 Å². The predicted molar refractivity (Wildman–Crippen MR) is 128 cm³/mol. The largest absolute Gasteiger partial charge is 0.463 e. The fourth-order valence-electron chi connectivity index (χ4n) is 3.68. The molecule has 0 amide bonds. The summed E-state index contributed by atoms with van der Waals surface area (Å²) in [5.74, 6) is -0.447. The van der Waals surface area contributed by atoms with E-state index in [2.05, 4.69) is 4.99 Å². The monoisotopic (exact) mass is 444 g/mol. The molecule has 0 fully saturated rings. The van der Waals surface area contributed by atoms with Crippen LogP contribution in [0, 0.1) is 6.92 Å². The minimum absolute atomic E-state index is 0.175. The average molecular weight is 445 g/mol. The van der Waals surface area contributed by atoms with Gasteiger partial charge in [-0.1, -0.05) is 83.6 Å². The first-order valence-corrected chi connectivity index (χ1v) is 11.3. The highest BCUT2D eigenvalue weighted by Gasteiger charge is 2.33. The SMILES string of the molecule is CCOC(=O)C1=C(C)N=c2s/c(=C/C=C/c3ccccc3)c(=O)n2[C@@H]1c1ccc(C)cc1. The molecule has 162 valence electrons. The van der Waals surface area contributed by atoms with Gasteiger partial charge in [0.05, 0.1) is 28.5 Å². The molecule has 1 aliphatic heterocycles. The Morgan fingerprint density at radius 3 is 2.53 bits per heavy atom. The van der Waals surface area contributed by atoms with Gasteiger partial charge in [0.2, 0.25) is 0 Å². The summed E-state index contributed by atoms with van der Waals surface area (Å²) >= 11 is 1.32. The van der Waals surface area contributed by atoms with Crippen molar-refractivity contribution < 1.29 is 9.53 Å². The Hall–Kier alpha value is -3.51. The van der Waals surface area contributed by atoms with Gasteiger partial charge in [0.15, 0.2) is 4.80 Å². The average Bonchev–Trinajstić information content (AvgIpc) is 3.09. The molecule has 0 aliphatic carbocycles. The van der Waals surface area contributed by atoms with Crippen LogP contribution in [0.15, 0.2) is 81.7 Å². The molecule has 2 aromatic carbocycles. The zero-order chi connectivity index (χ0) is 22.7. The van der Waals surface area contributed by atoms with E-state index in [-0.39, 0.29) is 12.2 Å². The zero-order valence-corrected chi connectivity index (χ0v) is 19.1. The Morgan fingerprint density at radius 2 is 1.84 bits per heavy atom. The van der Waals surface area contributed by atoms with E-state index in [1.54, 1.807) is 24.5 Å². The van der Waals surface area contributed by atoms with Crippen molar-refractivity contribution in [3.8, 4) is 0 Å². The molecule has 0 saturated heterocycles. The predicted octanol–water partition coefficient (Wildman–Crippen LogP) is 3.77. The standard InChI is InChI=1S/C26H24N2O3S/c1-4-31-25(30)22-18(3)27-26-28(23(22)20-15-13-17(2)14-16-20)24(29)21(32-26)12-8-11-19-9-6-5-7-10-19/h5-16,23H,4H2,1-3H3/b11-8+,21-12+/t23-/m1/s1. The third-order valence-corrected chi connectivity index (χ3v) is 6.25. The van der Waals surface area contributed by atoms with Crippen molar-refractivity contribution in [2.75, 3.05) is 6.61 Å². The van der Waals surface area contributed by atoms with Crippen LogP contribution >= 0.6 is 11.3 Å². The number of allylic oxidation sites excluding steroid dienone is 2. The minimum atomic E-state index is -0.578. The lowest BCUT2D eigenvalue weighted by atomic mass is 9.95. The number of hydrogen-bond donors (Lipinski definition) is 0. The van der Waals surface area contributed by atoms with Crippen molar-refractivity contribution in [3.63, 3.8) is 0 Å². The van der Waals surface area contributed by atoms with Crippen LogP contribution in [-0.2, 0) is 9.53 Å². The van der Waals surface area contributed by atoms with E-state index in [4.69, 9.17) is 4.74 Å². The van der Waals surface area contributed by atoms with Gasteiger partial charge in [0, 0.05) is 0 Å². The topological polar surface area (TPSA) is 60.7 Å². The summed E-state index contributed by atoms with van der Waals surface area (Å²) in [7, 11) is 0. The van der Waals surface area contributed by atoms with Gasteiger partial charge >= 0.3 is 5.97 Å². The van der Waals surface area contributed by atoms with Crippen molar-refractivity contribution in [3.05, 3.63) is 108 Å². The Balaban J connectivity index is 1.86. The summed E-state index contributed by atoms with van der Waals surface area (Å²) in [5, 5.41) is 0. The normalized spacial score (nSPS) is 16.2. The van der Waals surface area contributed by atoms with Crippen LogP contribution in [0.5, 0.6) is 0 Å². The third kappa shape index (κ3) is 4.27. The van der Waals surface area contributed by atoms with Crippen LogP contribution in [0.25, 0.3) is 12.2 Å². The number of aryl methyl sites for hydroxylation is 1. The lowest BCUT2D eigenvalue weighted by Gasteiger charge is -2.24. The van der Waals surface area contributed by atoms with Gasteiger partial charge in [-0.2, -0.15) is 0 Å². The second kappa shape index (κ2) is 9.32. The minimum Gasteiger partial charge on any atom is -0.463 e. The number of aromatic nitrogens is 1. The van der Waals surface area contributed by atoms with Crippen molar-refractivity contribution in [2.24, 2.45) is 4.99 Å². The van der Waals surface area contributed by atoms with Crippen LogP contribution in [0.2, 0.25) is 0 Å². The van der Waals surface area contributed by atoms with Crippen molar-refractivity contribution >= 4 is 29.5 Å². The highest BCUT2D eigenvalue weighted by Crippen LogP contribution is 2.30. The third-order valence-electron chi connectivity index (χ3n) is 5.25. The van der Waals surface area contributed by atoms with Crippen molar-refractivity contribution in [2.45, 2.75) is 26.8 Å². The number of hydrogen-bond acceptors (Lipinski definition) is 5. The molecule has 5 nitrogen and oxygen atoms in total. The number of carbonyl (C=O) groups excluding carboxylic acids is 1. The number of fused-ring (bicyclic) bond motifs is 1. The molecule has 0 saturated carbocycles. The van der Waals surface area contributed by atoms with Gasteiger partial charge in [-0.05, 0) is 38.0 Å². The van der Waals surface area contributed by atoms with Crippen LogP contribution in [0.1, 0.15) is 36.6 Å². The molecule has 0 spiro atoms. The lowest BCUT2D eigenvalue weighted by Crippen LogP contribution is -2.39. The smallest absolute Gasteiger partial charge is 0.338 e. The van der Waals surface area contributed by atoms with Gasteiger partial charge in [-0.15, -0.1) is 0 Å². The fraction of sp³-hybridized carbons (Fsp3) is 0.192. The Morgan fingerprint density at radius 1 is 1.12 bits per heavy atom. The van der Waals surface area contributed by atoms with Crippen LogP contribution in [0.4, 0.5) is 0 Å². The Kier molecular flexibility index (Phi) is 6.32. The molecule has 3 aromatic rings. The van der Waals surface area contributed by atoms with E-state index in [1.165, 1.54) is 11.3 Å². The summed E-state index contributed by atoms with van der Waals surface area (Å²) in [5.41, 5.74) is 3.79. The molecule has 6 heteroatoms. The zero-order valence-electron chi connectivity index (χ0n) is 18.2. The van der Waals surface area contributed by atoms with Crippen LogP contribution < -0.4 is 14.9 Å². The van der Waals surface area contributed by atoms with E-state index in [0.29, 0.717) is 20.6 Å². The van der Waals surface area contributed by atoms with Gasteiger partial charge < -0.3 is 4.74 Å². The number of ether oxygens (including phenoxy) is 1. The van der Waals surface area contributed by atoms with Gasteiger partial charge in [0.25, 0.3) is 5.56 Å². The molecule has 1 aliphatic rings. The molecule has 1 aromatic heterocycles. The maximum atomic E-state index is 13.4. The molecule has 0 N–H and O–H groups in total. The highest BCUT2D eigenvalue weighted by molar-refractivity contribution is 7.07. The first-order chi connectivity index (χ1) is 15.5. The number of rotatable bonds is 5. The molecule has 32 heavy (non-hydrogen) atoms. The Bertz CT molecular complexity index is 1380. The first kappa shape index (κ1) is 21.7. The number of nitrogens with zero attached hydrogens (tertiary/aromatic N) is 2. The lowest BCUT2D eigenvalue weighted by molar-refractivity contribution is -0.139.